The minimum absolute atomic E-state index is 0.0465. The standard InChI is InChI=1S/C20H25N5O5S2/c1-15-2-3-17(25(27)28)14-18(15)32(29,30)24-7-4-16(5-8-24)19(26)22-9-11-23(12-10-22)20-21-6-13-31-20/h2-3,6,13-14,16H,4-5,7-12H2,1H3. The molecular formula is C20H25N5O5S2. The van der Waals surface area contributed by atoms with E-state index in [-0.39, 0.29) is 35.5 Å². The van der Waals surface area contributed by atoms with Crippen LogP contribution in [0, 0.1) is 23.0 Å². The number of piperidine rings is 1. The van der Waals surface area contributed by atoms with Gasteiger partial charge in [-0.25, -0.2) is 13.4 Å². The topological polar surface area (TPSA) is 117 Å². The molecule has 0 N–H and O–H groups in total. The minimum Gasteiger partial charge on any atom is -0.345 e. The van der Waals surface area contributed by atoms with E-state index in [2.05, 4.69) is 9.88 Å². The number of nitro groups is 1. The zero-order valence-corrected chi connectivity index (χ0v) is 19.3. The molecule has 32 heavy (non-hydrogen) atoms. The average molecular weight is 480 g/mol. The second kappa shape index (κ2) is 9.12. The molecule has 0 bridgehead atoms. The molecule has 2 aliphatic rings. The molecule has 0 atom stereocenters. The first kappa shape index (κ1) is 22.6. The van der Waals surface area contributed by atoms with Crippen LogP contribution in [0.4, 0.5) is 10.8 Å². The molecule has 0 radical (unpaired) electrons. The molecule has 0 spiro atoms. The van der Waals surface area contributed by atoms with Crippen molar-refractivity contribution in [2.75, 3.05) is 44.2 Å². The van der Waals surface area contributed by atoms with Gasteiger partial charge in [0.1, 0.15) is 0 Å². The summed E-state index contributed by atoms with van der Waals surface area (Å²) < 4.78 is 27.6. The van der Waals surface area contributed by atoms with Gasteiger partial charge in [-0.05, 0) is 25.3 Å². The summed E-state index contributed by atoms with van der Waals surface area (Å²) in [6.07, 6.45) is 2.66. The number of piperazine rings is 1. The van der Waals surface area contributed by atoms with Crippen molar-refractivity contribution in [3.8, 4) is 0 Å². The fourth-order valence-corrected chi connectivity index (χ4v) is 6.62. The van der Waals surface area contributed by atoms with Gasteiger partial charge in [-0.2, -0.15) is 4.31 Å². The molecule has 2 fully saturated rings. The van der Waals surface area contributed by atoms with Gasteiger partial charge in [-0.1, -0.05) is 6.07 Å². The van der Waals surface area contributed by atoms with Crippen molar-refractivity contribution in [1.82, 2.24) is 14.2 Å². The van der Waals surface area contributed by atoms with Crippen LogP contribution in [0.15, 0.2) is 34.7 Å². The Labute approximate surface area is 190 Å². The molecule has 1 aromatic carbocycles. The van der Waals surface area contributed by atoms with Gasteiger partial charge in [-0.15, -0.1) is 11.3 Å². The maximum Gasteiger partial charge on any atom is 0.270 e. The van der Waals surface area contributed by atoms with E-state index >= 15 is 0 Å². The lowest BCUT2D eigenvalue weighted by atomic mass is 9.96. The fourth-order valence-electron chi connectivity index (χ4n) is 4.21. The van der Waals surface area contributed by atoms with Crippen molar-refractivity contribution in [2.45, 2.75) is 24.7 Å². The van der Waals surface area contributed by atoms with E-state index in [9.17, 15) is 23.3 Å². The molecule has 0 aliphatic carbocycles. The fraction of sp³-hybridized carbons (Fsp3) is 0.500. The number of carbonyl (C=O) groups is 1. The lowest BCUT2D eigenvalue weighted by molar-refractivity contribution is -0.385. The van der Waals surface area contributed by atoms with E-state index in [1.165, 1.54) is 16.4 Å². The normalized spacial score (nSPS) is 18.7. The number of benzene rings is 1. The first-order valence-electron chi connectivity index (χ1n) is 10.5. The van der Waals surface area contributed by atoms with Crippen LogP contribution in [0.25, 0.3) is 0 Å². The van der Waals surface area contributed by atoms with Crippen LogP contribution in [-0.2, 0) is 14.8 Å². The van der Waals surface area contributed by atoms with E-state index in [4.69, 9.17) is 0 Å². The Morgan fingerprint density at radius 3 is 2.44 bits per heavy atom. The number of nitrogens with zero attached hydrogens (tertiary/aromatic N) is 5. The van der Waals surface area contributed by atoms with Crippen molar-refractivity contribution < 1.29 is 18.1 Å². The van der Waals surface area contributed by atoms with Gasteiger partial charge in [0.05, 0.1) is 9.82 Å². The second-order valence-corrected chi connectivity index (χ2v) is 10.8. The Hall–Kier alpha value is -2.57. The van der Waals surface area contributed by atoms with Gasteiger partial charge < -0.3 is 9.80 Å². The first-order valence-corrected chi connectivity index (χ1v) is 12.8. The molecule has 10 nitrogen and oxygen atoms in total. The molecule has 2 saturated heterocycles. The summed E-state index contributed by atoms with van der Waals surface area (Å²) in [5, 5.41) is 14.0. The number of rotatable bonds is 5. The Morgan fingerprint density at radius 2 is 1.84 bits per heavy atom. The van der Waals surface area contributed by atoms with E-state index in [0.29, 0.717) is 31.5 Å². The van der Waals surface area contributed by atoms with E-state index in [0.717, 1.165) is 24.3 Å². The Morgan fingerprint density at radius 1 is 1.16 bits per heavy atom. The smallest absolute Gasteiger partial charge is 0.270 e. The molecule has 2 aliphatic heterocycles. The Kier molecular flexibility index (Phi) is 6.45. The van der Waals surface area contributed by atoms with E-state index in [1.807, 2.05) is 10.3 Å². The summed E-state index contributed by atoms with van der Waals surface area (Å²) >= 11 is 1.58. The minimum atomic E-state index is -3.86. The number of carbonyl (C=O) groups excluding carboxylic acids is 1. The molecule has 12 heteroatoms. The SMILES string of the molecule is Cc1ccc([N+](=O)[O-])cc1S(=O)(=O)N1CCC(C(=O)N2CCN(c3nccs3)CC2)CC1. The third kappa shape index (κ3) is 4.48. The number of hydrogen-bond acceptors (Lipinski definition) is 8. The number of nitro benzene ring substituents is 1. The summed E-state index contributed by atoms with van der Waals surface area (Å²) in [4.78, 5) is 31.8. The van der Waals surface area contributed by atoms with Crippen LogP contribution < -0.4 is 4.90 Å². The van der Waals surface area contributed by atoms with Gasteiger partial charge in [0, 0.05) is 68.9 Å². The molecule has 172 valence electrons. The quantitative estimate of drug-likeness (QED) is 0.476. The van der Waals surface area contributed by atoms with Crippen LogP contribution in [0.1, 0.15) is 18.4 Å². The van der Waals surface area contributed by atoms with E-state index in [1.54, 1.807) is 24.5 Å². The lowest BCUT2D eigenvalue weighted by Gasteiger charge is -2.38. The van der Waals surface area contributed by atoms with Crippen molar-refractivity contribution >= 4 is 38.1 Å². The van der Waals surface area contributed by atoms with Crippen LogP contribution in [-0.4, -0.2) is 72.7 Å². The second-order valence-electron chi connectivity index (χ2n) is 8.01. The predicted octanol–water partition coefficient (Wildman–Crippen LogP) is 2.11. The highest BCUT2D eigenvalue weighted by atomic mass is 32.2. The molecule has 0 unspecified atom stereocenters. The van der Waals surface area contributed by atoms with Crippen molar-refractivity contribution in [3.63, 3.8) is 0 Å². The number of thiazole rings is 1. The molecule has 2 aromatic rings. The average Bonchev–Trinajstić information content (AvgIpc) is 3.34. The van der Waals surface area contributed by atoms with Gasteiger partial charge in [0.25, 0.3) is 5.69 Å². The van der Waals surface area contributed by atoms with Gasteiger partial charge >= 0.3 is 0 Å². The van der Waals surface area contributed by atoms with Crippen LogP contribution in [0.5, 0.6) is 0 Å². The maximum atomic E-state index is 13.1. The summed E-state index contributed by atoms with van der Waals surface area (Å²) in [5.74, 6) is -0.133. The number of non-ortho nitro benzene ring substituents is 1. The van der Waals surface area contributed by atoms with Gasteiger partial charge in [0.15, 0.2) is 5.13 Å². The van der Waals surface area contributed by atoms with Gasteiger partial charge in [0.2, 0.25) is 15.9 Å². The molecule has 1 amide bonds. The highest BCUT2D eigenvalue weighted by Crippen LogP contribution is 2.29. The van der Waals surface area contributed by atoms with Crippen LogP contribution >= 0.6 is 11.3 Å². The predicted molar refractivity (Wildman–Crippen MR) is 120 cm³/mol. The van der Waals surface area contributed by atoms with Crippen molar-refractivity contribution in [2.24, 2.45) is 5.92 Å². The van der Waals surface area contributed by atoms with Crippen LogP contribution in [0.3, 0.4) is 0 Å². The molecule has 0 saturated carbocycles. The summed E-state index contributed by atoms with van der Waals surface area (Å²) in [6, 6.07) is 3.87. The Bertz CT molecular complexity index is 1090. The third-order valence-electron chi connectivity index (χ3n) is 6.08. The van der Waals surface area contributed by atoms with Crippen molar-refractivity contribution in [1.29, 1.82) is 0 Å². The molecule has 3 heterocycles. The summed E-state index contributed by atoms with van der Waals surface area (Å²) in [7, 11) is -3.86. The number of hydrogen-bond donors (Lipinski definition) is 0. The van der Waals surface area contributed by atoms with Gasteiger partial charge in [-0.3, -0.25) is 14.9 Å². The molecule has 1 aromatic heterocycles. The Balaban J connectivity index is 1.36. The number of aromatic nitrogens is 1. The first-order chi connectivity index (χ1) is 15.3. The number of anilines is 1. The third-order valence-corrected chi connectivity index (χ3v) is 8.96. The number of aryl methyl sites for hydroxylation is 1. The summed E-state index contributed by atoms with van der Waals surface area (Å²) in [5.41, 5.74) is 0.211. The monoisotopic (exact) mass is 479 g/mol. The summed E-state index contributed by atoms with van der Waals surface area (Å²) in [6.45, 7) is 4.79. The lowest BCUT2D eigenvalue weighted by Crippen LogP contribution is -2.52. The molecule has 4 rings (SSSR count). The zero-order valence-electron chi connectivity index (χ0n) is 17.7. The number of amides is 1. The highest BCUT2D eigenvalue weighted by Gasteiger charge is 2.35. The van der Waals surface area contributed by atoms with Crippen LogP contribution in [0.2, 0.25) is 0 Å². The van der Waals surface area contributed by atoms with E-state index < -0.39 is 14.9 Å². The highest BCUT2D eigenvalue weighted by molar-refractivity contribution is 7.89. The zero-order chi connectivity index (χ0) is 22.9. The maximum absolute atomic E-state index is 13.1. The number of sulfonamides is 1. The van der Waals surface area contributed by atoms with Crippen molar-refractivity contribution in [3.05, 3.63) is 45.5 Å². The largest absolute Gasteiger partial charge is 0.345 e. The molecular weight excluding hydrogens is 454 g/mol.